The monoisotopic (exact) mass is 766 g/mol. The first-order valence-corrected chi connectivity index (χ1v) is 23.3. The average Bonchev–Trinajstić information content (AvgIpc) is 3.93. The number of nitrogens with zero attached hydrogens (tertiary/aromatic N) is 2. The van der Waals surface area contributed by atoms with Gasteiger partial charge in [-0.05, 0) is 111 Å². The molecule has 0 saturated carbocycles. The Morgan fingerprint density at radius 2 is 0.982 bits per heavy atom. The van der Waals surface area contributed by atoms with Crippen molar-refractivity contribution in [3.63, 3.8) is 0 Å². The Balaban J connectivity index is 1.32. The van der Waals surface area contributed by atoms with Gasteiger partial charge in [0.1, 0.15) is 0 Å². The summed E-state index contributed by atoms with van der Waals surface area (Å²) in [5, 5.41) is 0. The molecule has 3 aromatic carbocycles. The lowest BCUT2D eigenvalue weighted by Gasteiger charge is -2.33. The highest BCUT2D eigenvalue weighted by atomic mass is 32.1. The zero-order chi connectivity index (χ0) is 38.4. The van der Waals surface area contributed by atoms with E-state index in [1.165, 1.54) is 128 Å². The van der Waals surface area contributed by atoms with Crippen LogP contribution in [0.5, 0.6) is 0 Å². The fourth-order valence-electron chi connectivity index (χ4n) is 9.04. The Morgan fingerprint density at radius 3 is 1.55 bits per heavy atom. The number of thiophene rings is 2. The summed E-state index contributed by atoms with van der Waals surface area (Å²) in [6.45, 7) is 13.7. The van der Waals surface area contributed by atoms with E-state index in [0.717, 1.165) is 49.6 Å². The zero-order valence-corrected chi connectivity index (χ0v) is 36.1. The van der Waals surface area contributed by atoms with E-state index in [-0.39, 0.29) is 5.41 Å². The Hall–Kier alpha value is -3.60. The van der Waals surface area contributed by atoms with Crippen molar-refractivity contribution in [2.24, 2.45) is 0 Å². The number of benzene rings is 3. The fourth-order valence-corrected chi connectivity index (χ4v) is 11.0. The normalized spacial score (nSPS) is 13.1. The smallest absolute Gasteiger partial charge is 0.0983 e. The first-order valence-electron chi connectivity index (χ1n) is 21.7. The van der Waals surface area contributed by atoms with Gasteiger partial charge in [-0.1, -0.05) is 140 Å². The van der Waals surface area contributed by atoms with Gasteiger partial charge in [0, 0.05) is 36.1 Å². The van der Waals surface area contributed by atoms with Crippen LogP contribution in [0.3, 0.4) is 0 Å². The topological polar surface area (TPSA) is 25.8 Å². The molecular formula is C51H62N2S2. The van der Waals surface area contributed by atoms with E-state index >= 15 is 0 Å². The first kappa shape index (κ1) is 39.6. The standard InChI is InChI=1S/C51H62N2S2/c1-7-11-15-17-31-51(32-18-16-12-8-2)42-33-35(5)21-24-38(42)39-25-23-37(34-43(39)51)46-29-30-48(55-46)41-27-26-40(47-28-22-36(6)54-47)49-50(41)53-45(20-14-10-4)44(52-49)19-13-9-3/h21-30,33-34H,7-20,31-32H2,1-6H3. The van der Waals surface area contributed by atoms with E-state index in [1.54, 1.807) is 11.1 Å². The quantitative estimate of drug-likeness (QED) is 0.0767. The SMILES string of the molecule is CCCCCCC1(CCCCCC)c2cc(C)ccc2-c2ccc(-c3ccc(-c4ccc(-c5ccc(C)s5)c5nc(CCCC)c(CCCC)nc45)s3)cc21. The van der Waals surface area contributed by atoms with Gasteiger partial charge in [0.15, 0.2) is 0 Å². The lowest BCUT2D eigenvalue weighted by atomic mass is 9.70. The summed E-state index contributed by atoms with van der Waals surface area (Å²) in [4.78, 5) is 16.3. The highest BCUT2D eigenvalue weighted by Crippen LogP contribution is 2.55. The highest BCUT2D eigenvalue weighted by molar-refractivity contribution is 7.19. The fraction of sp³-hybridized carbons (Fsp3) is 0.451. The third kappa shape index (κ3) is 8.28. The third-order valence-electron chi connectivity index (χ3n) is 12.1. The van der Waals surface area contributed by atoms with Crippen LogP contribution in [0.4, 0.5) is 0 Å². The van der Waals surface area contributed by atoms with Gasteiger partial charge in [0.05, 0.1) is 22.4 Å². The van der Waals surface area contributed by atoms with Crippen LogP contribution in [0.2, 0.25) is 0 Å². The third-order valence-corrected chi connectivity index (χ3v) is 14.3. The van der Waals surface area contributed by atoms with Crippen molar-refractivity contribution in [3.05, 3.63) is 106 Å². The van der Waals surface area contributed by atoms with Gasteiger partial charge in [-0.25, -0.2) is 9.97 Å². The molecule has 6 aromatic rings. The largest absolute Gasteiger partial charge is 0.249 e. The van der Waals surface area contributed by atoms with Crippen molar-refractivity contribution < 1.29 is 0 Å². The summed E-state index contributed by atoms with van der Waals surface area (Å²) >= 11 is 3.77. The number of hydrogen-bond acceptors (Lipinski definition) is 4. The predicted octanol–water partition coefficient (Wildman–Crippen LogP) is 16.3. The van der Waals surface area contributed by atoms with Crippen LogP contribution in [0.15, 0.2) is 72.8 Å². The molecule has 3 heterocycles. The van der Waals surface area contributed by atoms with E-state index < -0.39 is 0 Å². The maximum absolute atomic E-state index is 5.55. The number of hydrogen-bond donors (Lipinski definition) is 0. The summed E-state index contributed by atoms with van der Waals surface area (Å²) < 4.78 is 0. The van der Waals surface area contributed by atoms with Crippen LogP contribution in [0, 0.1) is 13.8 Å². The van der Waals surface area contributed by atoms with Crippen LogP contribution in [-0.2, 0) is 18.3 Å². The highest BCUT2D eigenvalue weighted by Gasteiger charge is 2.42. The molecule has 55 heavy (non-hydrogen) atoms. The second-order valence-corrected chi connectivity index (χ2v) is 18.6. The molecule has 0 amide bonds. The molecule has 0 aliphatic heterocycles. The molecule has 0 N–H and O–H groups in total. The number of fused-ring (bicyclic) bond motifs is 4. The summed E-state index contributed by atoms with van der Waals surface area (Å²) in [5.74, 6) is 0. The molecule has 0 bridgehead atoms. The van der Waals surface area contributed by atoms with Gasteiger partial charge in [-0.2, -0.15) is 0 Å². The molecular weight excluding hydrogens is 705 g/mol. The molecule has 0 saturated heterocycles. The lowest BCUT2D eigenvalue weighted by molar-refractivity contribution is 0.401. The predicted molar refractivity (Wildman–Crippen MR) is 242 cm³/mol. The first-order chi connectivity index (χ1) is 26.9. The second-order valence-electron chi connectivity index (χ2n) is 16.3. The van der Waals surface area contributed by atoms with Gasteiger partial charge in [-0.3, -0.25) is 0 Å². The van der Waals surface area contributed by atoms with Gasteiger partial charge in [-0.15, -0.1) is 22.7 Å². The van der Waals surface area contributed by atoms with Crippen LogP contribution < -0.4 is 0 Å². The molecule has 7 rings (SSSR count). The molecule has 4 heteroatoms. The Labute approximate surface area is 339 Å². The maximum atomic E-state index is 5.55. The van der Waals surface area contributed by atoms with Crippen LogP contribution in [-0.4, -0.2) is 9.97 Å². The van der Waals surface area contributed by atoms with Crippen molar-refractivity contribution in [2.75, 3.05) is 0 Å². The number of aryl methyl sites for hydroxylation is 4. The Bertz CT molecular complexity index is 2210. The van der Waals surface area contributed by atoms with Crippen molar-refractivity contribution in [2.45, 2.75) is 150 Å². The minimum absolute atomic E-state index is 0.0837. The van der Waals surface area contributed by atoms with Crippen molar-refractivity contribution >= 4 is 33.7 Å². The molecule has 0 unspecified atom stereocenters. The molecule has 0 fully saturated rings. The molecule has 0 spiro atoms. The molecule has 2 nitrogen and oxygen atoms in total. The van der Waals surface area contributed by atoms with Gasteiger partial charge in [0.2, 0.25) is 0 Å². The molecule has 0 radical (unpaired) electrons. The number of rotatable bonds is 19. The Kier molecular flexibility index (Phi) is 13.1. The van der Waals surface area contributed by atoms with Crippen molar-refractivity contribution in [1.29, 1.82) is 0 Å². The van der Waals surface area contributed by atoms with E-state index in [0.29, 0.717) is 0 Å². The summed E-state index contributed by atoms with van der Waals surface area (Å²) in [7, 11) is 0. The van der Waals surface area contributed by atoms with Crippen LogP contribution >= 0.6 is 22.7 Å². The average molecular weight is 767 g/mol. The van der Waals surface area contributed by atoms with Crippen molar-refractivity contribution in [1.82, 2.24) is 9.97 Å². The van der Waals surface area contributed by atoms with E-state index in [2.05, 4.69) is 114 Å². The summed E-state index contributed by atoms with van der Waals surface area (Å²) in [5.41, 5.74) is 15.8. The lowest BCUT2D eigenvalue weighted by Crippen LogP contribution is -2.25. The van der Waals surface area contributed by atoms with E-state index in [9.17, 15) is 0 Å². The summed E-state index contributed by atoms with van der Waals surface area (Å²) in [6, 6.07) is 28.6. The maximum Gasteiger partial charge on any atom is 0.0983 e. The van der Waals surface area contributed by atoms with Gasteiger partial charge >= 0.3 is 0 Å². The molecule has 288 valence electrons. The van der Waals surface area contributed by atoms with E-state index in [4.69, 9.17) is 9.97 Å². The minimum Gasteiger partial charge on any atom is -0.249 e. The minimum atomic E-state index is 0.0837. The van der Waals surface area contributed by atoms with Gasteiger partial charge < -0.3 is 0 Å². The molecule has 1 aliphatic rings. The number of aromatic nitrogens is 2. The van der Waals surface area contributed by atoms with Gasteiger partial charge in [0.25, 0.3) is 0 Å². The molecule has 3 aromatic heterocycles. The van der Waals surface area contributed by atoms with E-state index in [1.807, 2.05) is 22.7 Å². The van der Waals surface area contributed by atoms with Crippen molar-refractivity contribution in [3.8, 4) is 42.4 Å². The summed E-state index contributed by atoms with van der Waals surface area (Å²) in [6.07, 6.45) is 19.5. The van der Waals surface area contributed by atoms with Crippen LogP contribution in [0.25, 0.3) is 53.5 Å². The Morgan fingerprint density at radius 1 is 0.473 bits per heavy atom. The zero-order valence-electron chi connectivity index (χ0n) is 34.5. The molecule has 0 atom stereocenters. The number of unbranched alkanes of at least 4 members (excludes halogenated alkanes) is 8. The second kappa shape index (κ2) is 18.1. The van der Waals surface area contributed by atoms with Crippen LogP contribution in [0.1, 0.15) is 151 Å². The molecule has 1 aliphatic carbocycles.